The van der Waals surface area contributed by atoms with E-state index in [0.29, 0.717) is 0 Å². The van der Waals surface area contributed by atoms with E-state index in [1.165, 1.54) is 5.57 Å². The number of allylic oxidation sites excluding steroid dienone is 5. The summed E-state index contributed by atoms with van der Waals surface area (Å²) in [7, 11) is 0. The molecule has 0 spiro atoms. The van der Waals surface area contributed by atoms with E-state index in [9.17, 15) is 0 Å². The van der Waals surface area contributed by atoms with Crippen LogP contribution < -0.4 is 5.73 Å². The molecule has 0 unspecified atom stereocenters. The predicted octanol–water partition coefficient (Wildman–Crippen LogP) is 1.74. The molecule has 1 heteroatoms. The Morgan fingerprint density at radius 2 is 2.44 bits per heavy atom. The maximum absolute atomic E-state index is 5.53. The molecule has 1 aliphatic rings. The molecule has 0 bridgehead atoms. The van der Waals surface area contributed by atoms with Crippen LogP contribution in [0.15, 0.2) is 35.6 Å². The van der Waals surface area contributed by atoms with Gasteiger partial charge in [-0.05, 0) is 31.1 Å². The van der Waals surface area contributed by atoms with E-state index in [2.05, 4.69) is 12.2 Å². The molecule has 0 saturated heterocycles. The van der Waals surface area contributed by atoms with Gasteiger partial charge in [-0.3, -0.25) is 0 Å². The van der Waals surface area contributed by atoms with Gasteiger partial charge in [0.05, 0.1) is 0 Å². The Morgan fingerprint density at radius 3 is 2.89 bits per heavy atom. The highest BCUT2D eigenvalue weighted by Crippen LogP contribution is 2.11. The van der Waals surface area contributed by atoms with Gasteiger partial charge in [0, 0.05) is 5.70 Å². The van der Waals surface area contributed by atoms with Gasteiger partial charge in [-0.1, -0.05) is 12.2 Å². The first-order chi connectivity index (χ1) is 4.33. The lowest BCUT2D eigenvalue weighted by atomic mass is 10.1. The minimum atomic E-state index is 0.856. The van der Waals surface area contributed by atoms with Gasteiger partial charge in [0.1, 0.15) is 0 Å². The van der Waals surface area contributed by atoms with Crippen LogP contribution in [0.1, 0.15) is 13.3 Å². The highest BCUT2D eigenvalue weighted by molar-refractivity contribution is 5.34. The zero-order valence-corrected chi connectivity index (χ0v) is 5.59. The van der Waals surface area contributed by atoms with Crippen molar-refractivity contribution in [1.29, 1.82) is 0 Å². The van der Waals surface area contributed by atoms with E-state index in [1.807, 2.05) is 19.1 Å². The predicted molar refractivity (Wildman–Crippen MR) is 39.8 cm³/mol. The summed E-state index contributed by atoms with van der Waals surface area (Å²) < 4.78 is 0. The fourth-order valence-corrected chi connectivity index (χ4v) is 0.853. The van der Waals surface area contributed by atoms with Gasteiger partial charge in [-0.15, -0.1) is 0 Å². The lowest BCUT2D eigenvalue weighted by molar-refractivity contribution is 1.20. The molecule has 0 saturated carbocycles. The van der Waals surface area contributed by atoms with Crippen molar-refractivity contribution in [3.63, 3.8) is 0 Å². The number of nitrogens with two attached hydrogens (primary N) is 1. The lowest BCUT2D eigenvalue weighted by Gasteiger charge is -2.03. The molecule has 0 fully saturated rings. The van der Waals surface area contributed by atoms with Gasteiger partial charge in [-0.25, -0.2) is 0 Å². The topological polar surface area (TPSA) is 26.0 Å². The number of hydrogen-bond acceptors (Lipinski definition) is 1. The van der Waals surface area contributed by atoms with Crippen LogP contribution in [0.4, 0.5) is 0 Å². The molecule has 0 heterocycles. The minimum absolute atomic E-state index is 0.856. The summed E-state index contributed by atoms with van der Waals surface area (Å²) in [5, 5.41) is 0. The molecule has 0 aliphatic heterocycles. The SMILES string of the molecule is CC=C1C=C(N)C=CC1. The van der Waals surface area contributed by atoms with Gasteiger partial charge in [-0.2, -0.15) is 0 Å². The van der Waals surface area contributed by atoms with Gasteiger partial charge < -0.3 is 5.73 Å². The summed E-state index contributed by atoms with van der Waals surface area (Å²) in [4.78, 5) is 0. The van der Waals surface area contributed by atoms with Crippen LogP contribution in [0.5, 0.6) is 0 Å². The summed E-state index contributed by atoms with van der Waals surface area (Å²) >= 11 is 0. The van der Waals surface area contributed by atoms with Crippen molar-refractivity contribution >= 4 is 0 Å². The van der Waals surface area contributed by atoms with Gasteiger partial charge >= 0.3 is 0 Å². The molecular weight excluding hydrogens is 110 g/mol. The molecular formula is C8H11N. The molecule has 0 aromatic heterocycles. The summed E-state index contributed by atoms with van der Waals surface area (Å²) in [5.41, 5.74) is 7.69. The van der Waals surface area contributed by atoms with Gasteiger partial charge in [0.15, 0.2) is 0 Å². The molecule has 1 nitrogen and oxygen atoms in total. The molecule has 1 aliphatic carbocycles. The Morgan fingerprint density at radius 1 is 1.67 bits per heavy atom. The molecule has 0 radical (unpaired) electrons. The monoisotopic (exact) mass is 121 g/mol. The van der Waals surface area contributed by atoms with Crippen LogP contribution >= 0.6 is 0 Å². The largest absolute Gasteiger partial charge is 0.399 e. The Bertz CT molecular complexity index is 185. The molecule has 0 atom stereocenters. The fourth-order valence-electron chi connectivity index (χ4n) is 0.853. The molecule has 48 valence electrons. The van der Waals surface area contributed by atoms with E-state index in [-0.39, 0.29) is 0 Å². The second kappa shape index (κ2) is 2.53. The standard InChI is InChI=1S/C8H11N/c1-2-7-4-3-5-8(9)6-7/h2-3,5-6H,4,9H2,1H3. The van der Waals surface area contributed by atoms with Crippen molar-refractivity contribution < 1.29 is 0 Å². The maximum Gasteiger partial charge on any atom is 0.0313 e. The first-order valence-electron chi connectivity index (χ1n) is 3.12. The lowest BCUT2D eigenvalue weighted by Crippen LogP contribution is -1.96. The van der Waals surface area contributed by atoms with Crippen LogP contribution in [0.25, 0.3) is 0 Å². The Balaban J connectivity index is 2.78. The first kappa shape index (κ1) is 6.14. The maximum atomic E-state index is 5.53. The highest BCUT2D eigenvalue weighted by Gasteiger charge is 1.94. The average molecular weight is 121 g/mol. The molecule has 2 N–H and O–H groups in total. The van der Waals surface area contributed by atoms with Crippen LogP contribution in [0, 0.1) is 0 Å². The third kappa shape index (κ3) is 1.46. The van der Waals surface area contributed by atoms with Crippen LogP contribution in [0.2, 0.25) is 0 Å². The van der Waals surface area contributed by atoms with Crippen LogP contribution in [-0.2, 0) is 0 Å². The first-order valence-corrected chi connectivity index (χ1v) is 3.12. The van der Waals surface area contributed by atoms with E-state index < -0.39 is 0 Å². The Hall–Kier alpha value is -0.980. The van der Waals surface area contributed by atoms with Crippen molar-refractivity contribution in [2.45, 2.75) is 13.3 Å². The number of hydrogen-bond donors (Lipinski definition) is 1. The third-order valence-electron chi connectivity index (χ3n) is 1.39. The highest BCUT2D eigenvalue weighted by atomic mass is 14.6. The molecule has 0 aromatic rings. The molecule has 1 rings (SSSR count). The minimum Gasteiger partial charge on any atom is -0.399 e. The normalized spacial score (nSPS) is 22.3. The van der Waals surface area contributed by atoms with Gasteiger partial charge in [0.25, 0.3) is 0 Å². The van der Waals surface area contributed by atoms with Crippen LogP contribution in [-0.4, -0.2) is 0 Å². The van der Waals surface area contributed by atoms with Crippen molar-refractivity contribution in [3.8, 4) is 0 Å². The zero-order valence-electron chi connectivity index (χ0n) is 5.59. The third-order valence-corrected chi connectivity index (χ3v) is 1.39. The summed E-state index contributed by atoms with van der Waals surface area (Å²) in [6, 6.07) is 0. The summed E-state index contributed by atoms with van der Waals surface area (Å²) in [6.45, 7) is 2.03. The molecule has 0 aromatic carbocycles. The van der Waals surface area contributed by atoms with E-state index >= 15 is 0 Å². The zero-order chi connectivity index (χ0) is 6.69. The second-order valence-electron chi connectivity index (χ2n) is 2.11. The van der Waals surface area contributed by atoms with E-state index in [1.54, 1.807) is 0 Å². The number of rotatable bonds is 0. The summed E-state index contributed by atoms with van der Waals surface area (Å²) in [6.07, 6.45) is 9.12. The summed E-state index contributed by atoms with van der Waals surface area (Å²) in [5.74, 6) is 0. The van der Waals surface area contributed by atoms with Gasteiger partial charge in [0.2, 0.25) is 0 Å². The quantitative estimate of drug-likeness (QED) is 0.519. The fraction of sp³-hybridized carbons (Fsp3) is 0.250. The molecule has 0 amide bonds. The average Bonchev–Trinajstić information content (AvgIpc) is 1.88. The Kier molecular flexibility index (Phi) is 1.73. The van der Waals surface area contributed by atoms with Crippen molar-refractivity contribution in [2.75, 3.05) is 0 Å². The van der Waals surface area contributed by atoms with Crippen molar-refractivity contribution in [1.82, 2.24) is 0 Å². The van der Waals surface area contributed by atoms with E-state index in [0.717, 1.165) is 12.1 Å². The Labute approximate surface area is 55.6 Å². The molecule has 9 heavy (non-hydrogen) atoms. The second-order valence-corrected chi connectivity index (χ2v) is 2.11. The van der Waals surface area contributed by atoms with Crippen molar-refractivity contribution in [2.24, 2.45) is 5.73 Å². The van der Waals surface area contributed by atoms with Crippen LogP contribution in [0.3, 0.4) is 0 Å². The van der Waals surface area contributed by atoms with Crippen molar-refractivity contribution in [3.05, 3.63) is 35.6 Å². The smallest absolute Gasteiger partial charge is 0.0313 e. The van der Waals surface area contributed by atoms with E-state index in [4.69, 9.17) is 5.73 Å².